The zero-order valence-electron chi connectivity index (χ0n) is 15.5. The van der Waals surface area contributed by atoms with Crippen molar-refractivity contribution >= 4 is 29.9 Å². The molecule has 0 fully saturated rings. The van der Waals surface area contributed by atoms with E-state index in [1.165, 1.54) is 5.56 Å². The Morgan fingerprint density at radius 1 is 1.04 bits per heavy atom. The van der Waals surface area contributed by atoms with Gasteiger partial charge in [0.2, 0.25) is 0 Å². The smallest absolute Gasteiger partial charge is 0.191 e. The molecule has 0 aliphatic rings. The van der Waals surface area contributed by atoms with E-state index in [9.17, 15) is 0 Å². The van der Waals surface area contributed by atoms with Crippen molar-refractivity contribution in [2.24, 2.45) is 4.99 Å². The van der Waals surface area contributed by atoms with Crippen LogP contribution in [0.15, 0.2) is 29.3 Å². The molecule has 144 valence electrons. The van der Waals surface area contributed by atoms with Crippen molar-refractivity contribution in [3.63, 3.8) is 0 Å². The Bertz CT molecular complexity index is 455. The number of halogens is 1. The summed E-state index contributed by atoms with van der Waals surface area (Å²) in [7, 11) is 3.35. The molecule has 7 heteroatoms. The summed E-state index contributed by atoms with van der Waals surface area (Å²) in [6.07, 6.45) is 1.84. The van der Waals surface area contributed by atoms with Crippen molar-refractivity contribution in [1.29, 1.82) is 0 Å². The Balaban J connectivity index is 0.00000576. The van der Waals surface area contributed by atoms with Crippen molar-refractivity contribution < 1.29 is 14.2 Å². The summed E-state index contributed by atoms with van der Waals surface area (Å²) >= 11 is 0. The van der Waals surface area contributed by atoms with Crippen LogP contribution < -0.4 is 15.4 Å². The Morgan fingerprint density at radius 3 is 2.44 bits per heavy atom. The number of guanidine groups is 1. The molecule has 0 amide bonds. The first-order valence-electron chi connectivity index (χ1n) is 8.52. The highest BCUT2D eigenvalue weighted by molar-refractivity contribution is 14.0. The van der Waals surface area contributed by atoms with Crippen LogP contribution >= 0.6 is 24.0 Å². The average Bonchev–Trinajstić information content (AvgIpc) is 2.61. The number of ether oxygens (including phenoxy) is 3. The lowest BCUT2D eigenvalue weighted by atomic mass is 10.1. The molecule has 1 aromatic rings. The van der Waals surface area contributed by atoms with E-state index in [0.717, 1.165) is 44.2 Å². The largest absolute Gasteiger partial charge is 0.497 e. The van der Waals surface area contributed by atoms with E-state index in [4.69, 9.17) is 14.2 Å². The normalized spacial score (nSPS) is 10.9. The summed E-state index contributed by atoms with van der Waals surface area (Å²) < 4.78 is 15.5. The lowest BCUT2D eigenvalue weighted by Crippen LogP contribution is -2.38. The maximum Gasteiger partial charge on any atom is 0.191 e. The van der Waals surface area contributed by atoms with Crippen LogP contribution in [0.3, 0.4) is 0 Å². The highest BCUT2D eigenvalue weighted by Crippen LogP contribution is 2.11. The summed E-state index contributed by atoms with van der Waals surface area (Å²) in [6, 6.07) is 8.14. The minimum atomic E-state index is 0. The van der Waals surface area contributed by atoms with Crippen LogP contribution in [0, 0.1) is 0 Å². The molecule has 0 aromatic heterocycles. The van der Waals surface area contributed by atoms with Crippen LogP contribution in [-0.4, -0.2) is 59.6 Å². The quantitative estimate of drug-likeness (QED) is 0.215. The first-order chi connectivity index (χ1) is 11.8. The molecule has 0 spiro atoms. The van der Waals surface area contributed by atoms with Gasteiger partial charge in [0.1, 0.15) is 5.75 Å². The number of methoxy groups -OCH3 is 2. The molecule has 0 saturated carbocycles. The van der Waals surface area contributed by atoms with Gasteiger partial charge in [-0.1, -0.05) is 12.1 Å². The third kappa shape index (κ3) is 12.0. The van der Waals surface area contributed by atoms with Crippen LogP contribution in [0.4, 0.5) is 0 Å². The third-order valence-electron chi connectivity index (χ3n) is 3.36. The van der Waals surface area contributed by atoms with Gasteiger partial charge < -0.3 is 24.8 Å². The maximum absolute atomic E-state index is 5.43. The number of hydrogen-bond acceptors (Lipinski definition) is 4. The van der Waals surface area contributed by atoms with E-state index >= 15 is 0 Å². The summed E-state index contributed by atoms with van der Waals surface area (Å²) in [6.45, 7) is 6.47. The molecule has 0 heterocycles. The Labute approximate surface area is 168 Å². The van der Waals surface area contributed by atoms with E-state index in [1.807, 2.05) is 12.1 Å². The van der Waals surface area contributed by atoms with E-state index in [1.54, 1.807) is 14.2 Å². The minimum Gasteiger partial charge on any atom is -0.497 e. The molecular formula is C18H32IN3O3. The van der Waals surface area contributed by atoms with Gasteiger partial charge in [-0.25, -0.2) is 0 Å². The molecule has 0 atom stereocenters. The van der Waals surface area contributed by atoms with Crippen molar-refractivity contribution in [2.45, 2.75) is 19.8 Å². The van der Waals surface area contributed by atoms with Gasteiger partial charge in [0.25, 0.3) is 0 Å². The fourth-order valence-electron chi connectivity index (χ4n) is 2.06. The summed E-state index contributed by atoms with van der Waals surface area (Å²) in [5.74, 6) is 1.73. The molecule has 0 bridgehead atoms. The number of hydrogen-bond donors (Lipinski definition) is 2. The van der Waals surface area contributed by atoms with Gasteiger partial charge in [0.15, 0.2) is 5.96 Å². The summed E-state index contributed by atoms with van der Waals surface area (Å²) in [5, 5.41) is 6.61. The second-order valence-electron chi connectivity index (χ2n) is 5.24. The van der Waals surface area contributed by atoms with Crippen molar-refractivity contribution in [3.05, 3.63) is 29.8 Å². The van der Waals surface area contributed by atoms with E-state index < -0.39 is 0 Å². The topological polar surface area (TPSA) is 64.1 Å². The molecule has 1 aromatic carbocycles. The predicted octanol–water partition coefficient (Wildman–Crippen LogP) is 2.46. The molecule has 0 unspecified atom stereocenters. The van der Waals surface area contributed by atoms with Gasteiger partial charge in [-0.3, -0.25) is 4.99 Å². The lowest BCUT2D eigenvalue weighted by molar-refractivity contribution is 0.0702. The lowest BCUT2D eigenvalue weighted by Gasteiger charge is -2.11. The molecular weight excluding hydrogens is 433 g/mol. The van der Waals surface area contributed by atoms with Crippen LogP contribution in [0.25, 0.3) is 0 Å². The van der Waals surface area contributed by atoms with Crippen LogP contribution in [0.5, 0.6) is 5.75 Å². The van der Waals surface area contributed by atoms with Crippen molar-refractivity contribution in [2.75, 3.05) is 53.7 Å². The van der Waals surface area contributed by atoms with Gasteiger partial charge in [-0.15, -0.1) is 24.0 Å². The van der Waals surface area contributed by atoms with Gasteiger partial charge in [-0.2, -0.15) is 0 Å². The highest BCUT2D eigenvalue weighted by atomic mass is 127. The SMILES string of the molecule is CCNC(=NCCCOCCOC)NCCc1ccc(OC)cc1.I. The zero-order chi connectivity index (χ0) is 17.5. The van der Waals surface area contributed by atoms with Gasteiger partial charge in [0.05, 0.1) is 20.3 Å². The fraction of sp³-hybridized carbons (Fsp3) is 0.611. The second-order valence-corrected chi connectivity index (χ2v) is 5.24. The number of rotatable bonds is 12. The van der Waals surface area contributed by atoms with Crippen LogP contribution in [0.1, 0.15) is 18.9 Å². The number of nitrogens with one attached hydrogen (secondary N) is 2. The van der Waals surface area contributed by atoms with Gasteiger partial charge >= 0.3 is 0 Å². The molecule has 25 heavy (non-hydrogen) atoms. The molecule has 6 nitrogen and oxygen atoms in total. The van der Waals surface area contributed by atoms with E-state index in [2.05, 4.69) is 34.7 Å². The first-order valence-corrected chi connectivity index (χ1v) is 8.52. The summed E-state index contributed by atoms with van der Waals surface area (Å²) in [5.41, 5.74) is 1.27. The number of nitrogens with zero attached hydrogens (tertiary/aromatic N) is 1. The maximum atomic E-state index is 5.43. The highest BCUT2D eigenvalue weighted by Gasteiger charge is 1.98. The monoisotopic (exact) mass is 465 g/mol. The standard InChI is InChI=1S/C18H31N3O3.HI/c1-4-19-18(20-11-5-13-24-15-14-22-2)21-12-10-16-6-8-17(23-3)9-7-16;/h6-9H,4-5,10-15H2,1-3H3,(H2,19,20,21);1H. The average molecular weight is 465 g/mol. The van der Waals surface area contributed by atoms with E-state index in [-0.39, 0.29) is 24.0 Å². The van der Waals surface area contributed by atoms with Crippen molar-refractivity contribution in [3.8, 4) is 5.75 Å². The Kier molecular flexibility index (Phi) is 15.7. The van der Waals surface area contributed by atoms with Gasteiger partial charge in [-0.05, 0) is 37.5 Å². The first kappa shape index (κ1) is 23.9. The summed E-state index contributed by atoms with van der Waals surface area (Å²) in [4.78, 5) is 4.55. The number of benzene rings is 1. The Hall–Kier alpha value is -1.06. The van der Waals surface area contributed by atoms with Crippen molar-refractivity contribution in [1.82, 2.24) is 10.6 Å². The molecule has 0 aliphatic carbocycles. The molecule has 0 aliphatic heterocycles. The Morgan fingerprint density at radius 2 is 1.80 bits per heavy atom. The zero-order valence-corrected chi connectivity index (χ0v) is 17.9. The van der Waals surface area contributed by atoms with E-state index in [0.29, 0.717) is 19.8 Å². The fourth-order valence-corrected chi connectivity index (χ4v) is 2.06. The van der Waals surface area contributed by atoms with Crippen LogP contribution in [0.2, 0.25) is 0 Å². The molecule has 0 saturated heterocycles. The van der Waals surface area contributed by atoms with Crippen LogP contribution in [-0.2, 0) is 15.9 Å². The minimum absolute atomic E-state index is 0. The second kappa shape index (κ2) is 16.4. The third-order valence-corrected chi connectivity index (χ3v) is 3.36. The predicted molar refractivity (Wildman–Crippen MR) is 113 cm³/mol. The molecule has 1 rings (SSSR count). The van der Waals surface area contributed by atoms with Gasteiger partial charge in [0, 0.05) is 33.4 Å². The number of aliphatic imine (C=N–C) groups is 1. The molecule has 2 N–H and O–H groups in total. The molecule has 0 radical (unpaired) electrons.